The fourth-order valence-electron chi connectivity index (χ4n) is 3.44. The van der Waals surface area contributed by atoms with E-state index in [2.05, 4.69) is 25.3 Å². The van der Waals surface area contributed by atoms with Gasteiger partial charge in [-0.2, -0.15) is 5.10 Å². The minimum absolute atomic E-state index is 0.158. The molecule has 1 unspecified atom stereocenters. The number of nitrogen functional groups attached to an aromatic ring is 1. The molecular formula is C19H22FN7OS. The molecule has 3 aromatic heterocycles. The number of nitrogens with zero attached hydrogens (tertiary/aromatic N) is 5. The molecule has 0 spiro atoms. The van der Waals surface area contributed by atoms with Crippen LogP contribution in [0.4, 0.5) is 20.9 Å². The van der Waals surface area contributed by atoms with Crippen molar-refractivity contribution in [2.45, 2.75) is 25.4 Å². The maximum Gasteiger partial charge on any atom is 0.277 e. The Morgan fingerprint density at radius 2 is 2.21 bits per heavy atom. The lowest BCUT2D eigenvalue weighted by Crippen LogP contribution is -2.28. The van der Waals surface area contributed by atoms with E-state index in [4.69, 9.17) is 5.73 Å². The number of aromatic nitrogens is 4. The highest BCUT2D eigenvalue weighted by molar-refractivity contribution is 7.19. The molecular weight excluding hydrogens is 393 g/mol. The first kappa shape index (κ1) is 19.3. The number of carbonyl (C=O) groups is 1. The molecule has 3 N–H and O–H groups in total. The van der Waals surface area contributed by atoms with E-state index in [1.807, 2.05) is 18.2 Å². The number of alkyl halides is 1. The van der Waals surface area contributed by atoms with Gasteiger partial charge in [0.15, 0.2) is 11.5 Å². The van der Waals surface area contributed by atoms with Gasteiger partial charge in [0.1, 0.15) is 21.9 Å². The second-order valence-corrected chi connectivity index (χ2v) is 7.95. The Labute approximate surface area is 171 Å². The van der Waals surface area contributed by atoms with E-state index in [1.165, 1.54) is 11.3 Å². The highest BCUT2D eigenvalue weighted by Crippen LogP contribution is 2.31. The van der Waals surface area contributed by atoms with E-state index < -0.39 is 12.1 Å². The highest BCUT2D eigenvalue weighted by Gasteiger charge is 2.24. The molecule has 1 fully saturated rings. The van der Waals surface area contributed by atoms with Crippen LogP contribution in [0.3, 0.4) is 0 Å². The summed E-state index contributed by atoms with van der Waals surface area (Å²) in [5, 5.41) is 8.05. The van der Waals surface area contributed by atoms with Crippen LogP contribution in [-0.2, 0) is 7.05 Å². The summed E-state index contributed by atoms with van der Waals surface area (Å²) in [5.74, 6) is 0.347. The number of thiazole rings is 1. The van der Waals surface area contributed by atoms with Gasteiger partial charge in [-0.05, 0) is 31.4 Å². The Bertz CT molecular complexity index is 1000. The lowest BCUT2D eigenvalue weighted by molar-refractivity contribution is 0.102. The average molecular weight is 415 g/mol. The summed E-state index contributed by atoms with van der Waals surface area (Å²) >= 11 is 1.22. The number of nitrogens with one attached hydrogen (secondary N) is 1. The Hall–Kier alpha value is -3.01. The Kier molecular flexibility index (Phi) is 5.43. The summed E-state index contributed by atoms with van der Waals surface area (Å²) in [5.41, 5.74) is 7.43. The molecule has 0 aromatic carbocycles. The first-order chi connectivity index (χ1) is 14.0. The van der Waals surface area contributed by atoms with E-state index in [0.717, 1.165) is 12.2 Å². The van der Waals surface area contributed by atoms with Crippen LogP contribution in [-0.4, -0.2) is 44.9 Å². The van der Waals surface area contributed by atoms with Crippen LogP contribution >= 0.6 is 11.3 Å². The molecule has 4 rings (SSSR count). The molecule has 1 atom stereocenters. The van der Waals surface area contributed by atoms with Gasteiger partial charge < -0.3 is 16.0 Å². The third kappa shape index (κ3) is 4.07. The zero-order valence-electron chi connectivity index (χ0n) is 16.0. The van der Waals surface area contributed by atoms with Gasteiger partial charge in [0.05, 0.1) is 11.9 Å². The van der Waals surface area contributed by atoms with E-state index >= 15 is 0 Å². The van der Waals surface area contributed by atoms with Crippen molar-refractivity contribution in [3.63, 3.8) is 0 Å². The van der Waals surface area contributed by atoms with Gasteiger partial charge in [-0.3, -0.25) is 14.5 Å². The van der Waals surface area contributed by atoms with Crippen molar-refractivity contribution < 1.29 is 9.18 Å². The summed E-state index contributed by atoms with van der Waals surface area (Å²) in [4.78, 5) is 23.6. The Balaban J connectivity index is 1.56. The van der Waals surface area contributed by atoms with E-state index in [9.17, 15) is 9.18 Å². The van der Waals surface area contributed by atoms with Gasteiger partial charge in [0.25, 0.3) is 5.91 Å². The average Bonchev–Trinajstić information content (AvgIpc) is 3.20. The molecule has 0 bridgehead atoms. The molecule has 4 heterocycles. The number of rotatable bonds is 4. The van der Waals surface area contributed by atoms with Crippen molar-refractivity contribution in [1.82, 2.24) is 19.7 Å². The molecule has 1 aliphatic heterocycles. The third-order valence-electron chi connectivity index (χ3n) is 4.87. The molecule has 1 amide bonds. The van der Waals surface area contributed by atoms with Gasteiger partial charge in [-0.25, -0.2) is 9.37 Å². The molecule has 152 valence electrons. The van der Waals surface area contributed by atoms with Crippen LogP contribution in [0.5, 0.6) is 0 Å². The molecule has 10 heteroatoms. The summed E-state index contributed by atoms with van der Waals surface area (Å²) in [6.07, 6.45) is 4.25. The summed E-state index contributed by atoms with van der Waals surface area (Å²) in [6, 6.07) is 5.48. The molecule has 0 aliphatic carbocycles. The van der Waals surface area contributed by atoms with E-state index in [0.29, 0.717) is 47.3 Å². The maximum atomic E-state index is 13.7. The normalized spacial score (nSPS) is 17.2. The first-order valence-electron chi connectivity index (χ1n) is 9.43. The molecule has 8 nitrogen and oxygen atoms in total. The number of pyridine rings is 1. The van der Waals surface area contributed by atoms with Crippen LogP contribution in [0, 0.1) is 0 Å². The molecule has 0 radical (unpaired) electrons. The number of carbonyl (C=O) groups excluding carboxylic acids is 1. The molecule has 29 heavy (non-hydrogen) atoms. The van der Waals surface area contributed by atoms with Gasteiger partial charge in [0.2, 0.25) is 0 Å². The van der Waals surface area contributed by atoms with Gasteiger partial charge >= 0.3 is 0 Å². The number of nitrogens with two attached hydrogens (primary N) is 1. The number of anilines is 3. The predicted molar refractivity (Wildman–Crippen MR) is 112 cm³/mol. The van der Waals surface area contributed by atoms with Gasteiger partial charge in [-0.1, -0.05) is 17.4 Å². The maximum absolute atomic E-state index is 13.7. The Morgan fingerprint density at radius 1 is 1.34 bits per heavy atom. The lowest BCUT2D eigenvalue weighted by Gasteiger charge is -2.23. The largest absolute Gasteiger partial charge is 0.389 e. The summed E-state index contributed by atoms with van der Waals surface area (Å²) in [6.45, 7) is 1.29. The monoisotopic (exact) mass is 415 g/mol. The van der Waals surface area contributed by atoms with Crippen LogP contribution in [0.1, 0.15) is 29.8 Å². The number of hydrogen-bond donors (Lipinski definition) is 2. The van der Waals surface area contributed by atoms with Crippen molar-refractivity contribution >= 4 is 33.8 Å². The van der Waals surface area contributed by atoms with Crippen molar-refractivity contribution in [3.8, 4) is 10.7 Å². The molecule has 0 saturated carbocycles. The summed E-state index contributed by atoms with van der Waals surface area (Å²) in [7, 11) is 1.80. The van der Waals surface area contributed by atoms with Crippen molar-refractivity contribution in [3.05, 3.63) is 36.3 Å². The second-order valence-electron chi connectivity index (χ2n) is 6.92. The quantitative estimate of drug-likeness (QED) is 0.679. The van der Waals surface area contributed by atoms with Gasteiger partial charge in [-0.15, -0.1) is 0 Å². The number of halogens is 1. The number of aryl methyl sites for hydroxylation is 1. The fraction of sp³-hybridized carbons (Fsp3) is 0.368. The first-order valence-corrected chi connectivity index (χ1v) is 10.2. The van der Waals surface area contributed by atoms with Crippen molar-refractivity contribution in [2.75, 3.05) is 29.0 Å². The number of hydrogen-bond acceptors (Lipinski definition) is 7. The SMILES string of the molecule is Cn1ncc(NC(=O)c2nc(-c3ccccn3)sc2N)c1N1CCCC(F)CC1. The zero-order chi connectivity index (χ0) is 20.4. The smallest absolute Gasteiger partial charge is 0.277 e. The highest BCUT2D eigenvalue weighted by atomic mass is 32.1. The third-order valence-corrected chi connectivity index (χ3v) is 5.77. The molecule has 1 aliphatic rings. The minimum Gasteiger partial charge on any atom is -0.389 e. The second kappa shape index (κ2) is 8.16. The van der Waals surface area contributed by atoms with Crippen LogP contribution in [0.2, 0.25) is 0 Å². The predicted octanol–water partition coefficient (Wildman–Crippen LogP) is 3.10. The number of amides is 1. The van der Waals surface area contributed by atoms with Crippen LogP contribution in [0.15, 0.2) is 30.6 Å². The molecule has 3 aromatic rings. The zero-order valence-corrected chi connectivity index (χ0v) is 16.8. The molecule has 1 saturated heterocycles. The topological polar surface area (TPSA) is 102 Å². The van der Waals surface area contributed by atoms with Crippen molar-refractivity contribution in [1.29, 1.82) is 0 Å². The fourth-order valence-corrected chi connectivity index (χ4v) is 4.24. The van der Waals surface area contributed by atoms with Crippen LogP contribution in [0.25, 0.3) is 10.7 Å². The van der Waals surface area contributed by atoms with E-state index in [1.54, 1.807) is 24.1 Å². The van der Waals surface area contributed by atoms with E-state index in [-0.39, 0.29) is 5.69 Å². The summed E-state index contributed by atoms with van der Waals surface area (Å²) < 4.78 is 15.4. The standard InChI is InChI=1S/C19H22FN7OS/c1-26-19(27-9-4-5-12(20)7-10-27)14(11-23-26)24-17(28)15-16(21)29-18(25-15)13-6-2-3-8-22-13/h2-3,6,8,11-12H,4-5,7,9-10,21H2,1H3,(H,24,28). The lowest BCUT2D eigenvalue weighted by atomic mass is 10.2. The van der Waals surface area contributed by atoms with Gasteiger partial charge in [0, 0.05) is 26.3 Å². The van der Waals surface area contributed by atoms with Crippen molar-refractivity contribution in [2.24, 2.45) is 7.05 Å². The Morgan fingerprint density at radius 3 is 3.00 bits per heavy atom. The van der Waals surface area contributed by atoms with Crippen LogP contribution < -0.4 is 16.0 Å². The minimum atomic E-state index is -0.786.